The second-order valence-electron chi connectivity index (χ2n) is 4.19. The van der Waals surface area contributed by atoms with Gasteiger partial charge in [0, 0.05) is 11.0 Å². The molecule has 1 aromatic heterocycles. The summed E-state index contributed by atoms with van der Waals surface area (Å²) in [7, 11) is 0. The average molecular weight is 344 g/mol. The Morgan fingerprint density at radius 3 is 2.77 bits per heavy atom. The van der Waals surface area contributed by atoms with E-state index in [0.717, 1.165) is 11.3 Å². The maximum atomic E-state index is 12.4. The van der Waals surface area contributed by atoms with Crippen LogP contribution in [-0.2, 0) is 0 Å². The second-order valence-corrected chi connectivity index (χ2v) is 6.14. The van der Waals surface area contributed by atoms with E-state index in [2.05, 4.69) is 0 Å². The van der Waals surface area contributed by atoms with E-state index in [1.165, 1.54) is 6.07 Å². The van der Waals surface area contributed by atoms with E-state index in [4.69, 9.17) is 14.2 Å². The fraction of sp³-hybridized carbons (Fsp3) is 0.214. The van der Waals surface area contributed by atoms with E-state index < -0.39 is 11.7 Å². The van der Waals surface area contributed by atoms with Gasteiger partial charge in [-0.05, 0) is 23.6 Å². The molecular weight excluding hydrogens is 334 g/mol. The third kappa shape index (κ3) is 3.33. The molecule has 4 nitrogen and oxygen atoms in total. The molecule has 0 fully saturated rings. The molecule has 0 radical (unpaired) electrons. The first-order chi connectivity index (χ1) is 10.6. The molecule has 0 atom stereocenters. The van der Waals surface area contributed by atoms with Gasteiger partial charge in [0.1, 0.15) is 23.8 Å². The lowest BCUT2D eigenvalue weighted by atomic mass is 10.3. The number of rotatable bonds is 4. The molecule has 0 saturated heterocycles. The number of esters is 1. The Kier molecular flexibility index (Phi) is 4.49. The Bertz CT molecular complexity index is 687. The molecular formula is C14H10F2O4S2. The van der Waals surface area contributed by atoms with Gasteiger partial charge in [0.15, 0.2) is 11.5 Å². The van der Waals surface area contributed by atoms with Crippen molar-refractivity contribution in [2.75, 3.05) is 13.2 Å². The van der Waals surface area contributed by atoms with Crippen LogP contribution < -0.4 is 14.2 Å². The summed E-state index contributed by atoms with van der Waals surface area (Å²) in [5, 5.41) is 1.57. The van der Waals surface area contributed by atoms with Gasteiger partial charge in [-0.1, -0.05) is 11.8 Å². The molecule has 2 aromatic rings. The van der Waals surface area contributed by atoms with Crippen molar-refractivity contribution in [1.29, 1.82) is 0 Å². The van der Waals surface area contributed by atoms with Crippen molar-refractivity contribution in [3.63, 3.8) is 0 Å². The molecule has 1 aliphatic heterocycles. The fourth-order valence-corrected chi connectivity index (χ4v) is 3.44. The molecule has 1 aliphatic rings. The van der Waals surface area contributed by atoms with Crippen molar-refractivity contribution < 1.29 is 27.8 Å². The van der Waals surface area contributed by atoms with Gasteiger partial charge in [-0.2, -0.15) is 8.78 Å². The molecule has 116 valence electrons. The van der Waals surface area contributed by atoms with Crippen LogP contribution in [0.1, 0.15) is 9.67 Å². The van der Waals surface area contributed by atoms with Crippen molar-refractivity contribution in [3.8, 4) is 17.2 Å². The minimum absolute atomic E-state index is 0.153. The number of benzene rings is 1. The number of hydrogen-bond donors (Lipinski definition) is 0. The highest BCUT2D eigenvalue weighted by molar-refractivity contribution is 7.99. The number of fused-ring (bicyclic) bond motifs is 1. The van der Waals surface area contributed by atoms with Gasteiger partial charge in [-0.25, -0.2) is 4.79 Å². The number of ether oxygens (including phenoxy) is 3. The van der Waals surface area contributed by atoms with Crippen molar-refractivity contribution in [1.82, 2.24) is 0 Å². The minimum atomic E-state index is -2.59. The standard InChI is InChI=1S/C14H10F2O4S2/c15-14(16)22-11-3-6-21-12(11)13(17)20-8-1-2-9-10(7-8)19-5-4-18-9/h1-3,6-7,14H,4-5H2. The quantitative estimate of drug-likeness (QED) is 0.476. The normalized spacial score (nSPS) is 13.2. The number of carbonyl (C=O) groups is 1. The van der Waals surface area contributed by atoms with E-state index in [1.807, 2.05) is 0 Å². The fourth-order valence-electron chi connectivity index (χ4n) is 1.88. The first-order valence-corrected chi connectivity index (χ1v) is 8.03. The van der Waals surface area contributed by atoms with Crippen LogP contribution in [0.5, 0.6) is 17.2 Å². The van der Waals surface area contributed by atoms with Gasteiger partial charge in [-0.15, -0.1) is 11.3 Å². The Morgan fingerprint density at radius 1 is 1.23 bits per heavy atom. The van der Waals surface area contributed by atoms with Crippen LogP contribution in [0.3, 0.4) is 0 Å². The van der Waals surface area contributed by atoms with Crippen LogP contribution in [0.25, 0.3) is 0 Å². The Balaban J connectivity index is 1.76. The van der Waals surface area contributed by atoms with Gasteiger partial charge >= 0.3 is 5.97 Å². The first-order valence-electron chi connectivity index (χ1n) is 6.27. The van der Waals surface area contributed by atoms with Gasteiger partial charge < -0.3 is 14.2 Å². The summed E-state index contributed by atoms with van der Waals surface area (Å²) in [5.41, 5.74) is 0. The van der Waals surface area contributed by atoms with Gasteiger partial charge in [0.25, 0.3) is 5.76 Å². The van der Waals surface area contributed by atoms with Gasteiger partial charge in [0.05, 0.1) is 0 Å². The van der Waals surface area contributed by atoms with Crippen LogP contribution in [0, 0.1) is 0 Å². The number of alkyl halides is 2. The summed E-state index contributed by atoms with van der Waals surface area (Å²) < 4.78 is 40.9. The van der Waals surface area contributed by atoms with E-state index in [-0.39, 0.29) is 15.5 Å². The zero-order valence-corrected chi connectivity index (χ0v) is 12.7. The number of thioether (sulfide) groups is 1. The summed E-state index contributed by atoms with van der Waals surface area (Å²) in [5.74, 6) is -1.91. The Labute approximate surface area is 133 Å². The second kappa shape index (κ2) is 6.53. The van der Waals surface area contributed by atoms with Crippen LogP contribution in [0.2, 0.25) is 0 Å². The molecule has 22 heavy (non-hydrogen) atoms. The van der Waals surface area contributed by atoms with Crippen LogP contribution in [0.4, 0.5) is 8.78 Å². The molecule has 0 N–H and O–H groups in total. The maximum absolute atomic E-state index is 12.4. The van der Waals surface area contributed by atoms with Crippen LogP contribution in [0.15, 0.2) is 34.5 Å². The highest BCUT2D eigenvalue weighted by Gasteiger charge is 2.20. The zero-order valence-electron chi connectivity index (χ0n) is 11.1. The topological polar surface area (TPSA) is 44.8 Å². The maximum Gasteiger partial charge on any atom is 0.354 e. The summed E-state index contributed by atoms with van der Waals surface area (Å²) in [6.07, 6.45) is 0. The zero-order chi connectivity index (χ0) is 15.5. The molecule has 0 bridgehead atoms. The number of halogens is 2. The largest absolute Gasteiger partial charge is 0.486 e. The summed E-state index contributed by atoms with van der Waals surface area (Å²) >= 11 is 1.39. The van der Waals surface area contributed by atoms with Gasteiger partial charge in [0.2, 0.25) is 0 Å². The SMILES string of the molecule is O=C(Oc1ccc2c(c1)OCCO2)c1sccc1SC(F)F. The van der Waals surface area contributed by atoms with Crippen molar-refractivity contribution in [2.45, 2.75) is 10.7 Å². The highest BCUT2D eigenvalue weighted by Crippen LogP contribution is 2.35. The highest BCUT2D eigenvalue weighted by atomic mass is 32.2. The van der Waals surface area contributed by atoms with Gasteiger partial charge in [-0.3, -0.25) is 0 Å². The molecule has 8 heteroatoms. The van der Waals surface area contributed by atoms with E-state index >= 15 is 0 Å². The Morgan fingerprint density at radius 2 is 2.00 bits per heavy atom. The summed E-state index contributed by atoms with van der Waals surface area (Å²) in [6, 6.07) is 6.22. The number of thiophene rings is 1. The predicted octanol–water partition coefficient (Wildman–Crippen LogP) is 4.05. The molecule has 2 heterocycles. The van der Waals surface area contributed by atoms with Crippen molar-refractivity contribution >= 4 is 29.1 Å². The summed E-state index contributed by atoms with van der Waals surface area (Å²) in [4.78, 5) is 12.5. The molecule has 1 aromatic carbocycles. The molecule has 0 unspecified atom stereocenters. The minimum Gasteiger partial charge on any atom is -0.486 e. The molecule has 0 saturated carbocycles. The molecule has 0 amide bonds. The molecule has 3 rings (SSSR count). The summed E-state index contributed by atoms with van der Waals surface area (Å²) in [6.45, 7) is 0.889. The monoisotopic (exact) mass is 344 g/mol. The van der Waals surface area contributed by atoms with Crippen LogP contribution in [-0.4, -0.2) is 24.9 Å². The van der Waals surface area contributed by atoms with E-state index in [1.54, 1.807) is 23.6 Å². The van der Waals surface area contributed by atoms with E-state index in [9.17, 15) is 13.6 Å². The molecule has 0 aliphatic carbocycles. The lowest BCUT2D eigenvalue weighted by molar-refractivity contribution is 0.0735. The number of carbonyl (C=O) groups excluding carboxylic acids is 1. The van der Waals surface area contributed by atoms with Crippen molar-refractivity contribution in [2.24, 2.45) is 0 Å². The Hall–Kier alpha value is -1.80. The molecule has 0 spiro atoms. The first kappa shape index (κ1) is 15.1. The smallest absolute Gasteiger partial charge is 0.354 e. The third-order valence-corrected chi connectivity index (χ3v) is 4.55. The van der Waals surface area contributed by atoms with Crippen molar-refractivity contribution in [3.05, 3.63) is 34.5 Å². The lowest BCUT2D eigenvalue weighted by Crippen LogP contribution is -2.15. The average Bonchev–Trinajstić information content (AvgIpc) is 2.94. The third-order valence-electron chi connectivity index (χ3n) is 2.75. The number of hydrogen-bond acceptors (Lipinski definition) is 6. The predicted molar refractivity (Wildman–Crippen MR) is 78.6 cm³/mol. The van der Waals surface area contributed by atoms with E-state index in [0.29, 0.717) is 36.5 Å². The van der Waals surface area contributed by atoms with Crippen LogP contribution >= 0.6 is 23.1 Å². The lowest BCUT2D eigenvalue weighted by Gasteiger charge is -2.18.